The summed E-state index contributed by atoms with van der Waals surface area (Å²) in [4.78, 5) is 0. The summed E-state index contributed by atoms with van der Waals surface area (Å²) in [7, 11) is -1.38. The van der Waals surface area contributed by atoms with Crippen LogP contribution in [0, 0.1) is 0 Å². The molecule has 4 nitrogen and oxygen atoms in total. The SMILES string of the molecule is CCCOc1c2cc(C(C)(C)C)cc1Cc1cc(C(C)(C)C)cc(c1OCCP(c1ccccc1)c1ccccc1)Cc1cc(C(C)(C)C)cc(c1OCCC)Cc1cc(C(C)(C)C)cc(c1OCCP(c1ccccc1)c1ccccc1)C2. The van der Waals surface area contributed by atoms with E-state index in [1.165, 1.54) is 88.0 Å². The van der Waals surface area contributed by atoms with E-state index in [1.807, 2.05) is 0 Å². The van der Waals surface area contributed by atoms with Crippen LogP contribution in [-0.4, -0.2) is 38.8 Å². The van der Waals surface area contributed by atoms with Crippen LogP contribution < -0.4 is 40.2 Å². The standard InChI is InChI=1S/C78H94O4P2/c1-15-37-79-71-55-43-59-51-65(77(9,10)11)53-61(73(59)81-39-41-83(67-29-21-17-22-30-67)68-31-23-18-24-32-68)45-57-49-64(76(6,7)8)50-58(72(57)80-38-16-2)46-62-54-66(78(12,13)14)52-60(44-56(71)48-63(47-55)75(3,4)5)74(62)82-40-42-84(69-33-25-19-26-34-69)70-35-27-20-28-36-70/h17-36,47-54H,15-16,37-46H2,1-14H3. The summed E-state index contributed by atoms with van der Waals surface area (Å²) in [6.45, 7) is 35.0. The molecule has 1 aliphatic carbocycles. The van der Waals surface area contributed by atoms with Crippen molar-refractivity contribution in [3.63, 3.8) is 0 Å². The average Bonchev–Trinajstić information content (AvgIpc) is 3.37. The largest absolute Gasteiger partial charge is 0.493 e. The highest BCUT2D eigenvalue weighted by Crippen LogP contribution is 2.46. The second kappa shape index (κ2) is 27.0. The van der Waals surface area contributed by atoms with Crippen LogP contribution in [0.1, 0.15) is 177 Å². The lowest BCUT2D eigenvalue weighted by Crippen LogP contribution is -2.20. The first-order chi connectivity index (χ1) is 40.1. The maximum absolute atomic E-state index is 7.56. The normalized spacial score (nSPS) is 13.0. The van der Waals surface area contributed by atoms with Gasteiger partial charge < -0.3 is 18.9 Å². The van der Waals surface area contributed by atoms with Crippen LogP contribution >= 0.6 is 15.8 Å². The third-order valence-corrected chi connectivity index (χ3v) is 21.2. The lowest BCUT2D eigenvalue weighted by atomic mass is 9.79. The van der Waals surface area contributed by atoms with Gasteiger partial charge in [0.05, 0.1) is 26.4 Å². The number of rotatable bonds is 18. The predicted octanol–water partition coefficient (Wildman–Crippen LogP) is 18.2. The molecule has 8 bridgehead atoms. The maximum atomic E-state index is 7.56. The van der Waals surface area contributed by atoms with Crippen molar-refractivity contribution >= 4 is 37.1 Å². The molecular formula is C78H94O4P2. The minimum absolute atomic E-state index is 0.148. The van der Waals surface area contributed by atoms with E-state index in [1.54, 1.807) is 0 Å². The van der Waals surface area contributed by atoms with E-state index in [9.17, 15) is 0 Å². The van der Waals surface area contributed by atoms with E-state index in [4.69, 9.17) is 18.9 Å². The Kier molecular flexibility index (Phi) is 20.1. The predicted molar refractivity (Wildman–Crippen MR) is 362 cm³/mol. The molecule has 0 aliphatic heterocycles. The molecular weight excluding hydrogens is 1060 g/mol. The Morgan fingerprint density at radius 2 is 0.476 bits per heavy atom. The van der Waals surface area contributed by atoms with Crippen LogP contribution in [0.2, 0.25) is 0 Å². The summed E-state index contributed by atoms with van der Waals surface area (Å²) in [5.41, 5.74) is 14.0. The molecule has 0 spiro atoms. The van der Waals surface area contributed by atoms with Crippen LogP contribution in [0.3, 0.4) is 0 Å². The van der Waals surface area contributed by atoms with Crippen molar-refractivity contribution in [1.29, 1.82) is 0 Å². The Hall–Kier alpha value is -6.18. The van der Waals surface area contributed by atoms with E-state index >= 15 is 0 Å². The van der Waals surface area contributed by atoms with Crippen LogP contribution in [0.4, 0.5) is 0 Å². The Morgan fingerprint density at radius 1 is 0.286 bits per heavy atom. The van der Waals surface area contributed by atoms with Gasteiger partial charge in [0.1, 0.15) is 23.0 Å². The van der Waals surface area contributed by atoms with Gasteiger partial charge in [-0.3, -0.25) is 0 Å². The van der Waals surface area contributed by atoms with Crippen molar-refractivity contribution in [3.8, 4) is 23.0 Å². The molecule has 0 amide bonds. The maximum Gasteiger partial charge on any atom is 0.126 e. The molecule has 0 saturated heterocycles. The molecule has 440 valence electrons. The van der Waals surface area contributed by atoms with Crippen LogP contribution in [0.15, 0.2) is 170 Å². The minimum atomic E-state index is -0.692. The van der Waals surface area contributed by atoms with Gasteiger partial charge in [-0.2, -0.15) is 0 Å². The molecule has 84 heavy (non-hydrogen) atoms. The first-order valence-corrected chi connectivity index (χ1v) is 34.1. The van der Waals surface area contributed by atoms with Gasteiger partial charge in [-0.05, 0) is 138 Å². The zero-order valence-corrected chi connectivity index (χ0v) is 55.0. The molecule has 9 rings (SSSR count). The van der Waals surface area contributed by atoms with E-state index in [2.05, 4.69) is 267 Å². The van der Waals surface area contributed by atoms with Crippen molar-refractivity contribution < 1.29 is 18.9 Å². The first kappa shape index (κ1) is 62.4. The molecule has 0 saturated carbocycles. The Bertz CT molecular complexity index is 3040. The molecule has 8 aromatic rings. The fraction of sp³-hybridized carbons (Fsp3) is 0.385. The zero-order valence-electron chi connectivity index (χ0n) is 53.2. The molecule has 0 atom stereocenters. The average molecular weight is 1160 g/mol. The molecule has 0 heterocycles. The minimum Gasteiger partial charge on any atom is -0.493 e. The fourth-order valence-electron chi connectivity index (χ4n) is 11.5. The van der Waals surface area contributed by atoms with Gasteiger partial charge in [-0.15, -0.1) is 0 Å². The molecule has 1 aliphatic rings. The van der Waals surface area contributed by atoms with E-state index in [0.29, 0.717) is 52.1 Å². The van der Waals surface area contributed by atoms with Crippen LogP contribution in [0.25, 0.3) is 0 Å². The van der Waals surface area contributed by atoms with Crippen molar-refractivity contribution in [2.45, 2.75) is 157 Å². The molecule has 0 aromatic heterocycles. The third-order valence-electron chi connectivity index (χ3n) is 16.3. The summed E-state index contributed by atoms with van der Waals surface area (Å²) >= 11 is 0. The molecule has 0 radical (unpaired) electrons. The Balaban J connectivity index is 1.30. The molecule has 0 N–H and O–H groups in total. The monoisotopic (exact) mass is 1160 g/mol. The van der Waals surface area contributed by atoms with Gasteiger partial charge in [0.25, 0.3) is 0 Å². The van der Waals surface area contributed by atoms with Crippen molar-refractivity contribution in [2.24, 2.45) is 0 Å². The van der Waals surface area contributed by atoms with Crippen molar-refractivity contribution in [2.75, 3.05) is 38.8 Å². The Labute approximate surface area is 508 Å². The number of fused-ring (bicyclic) bond motifs is 8. The number of hydrogen-bond acceptors (Lipinski definition) is 4. The summed E-state index contributed by atoms with van der Waals surface area (Å²) in [6, 6.07) is 63.9. The smallest absolute Gasteiger partial charge is 0.126 e. The highest BCUT2D eigenvalue weighted by molar-refractivity contribution is 7.73. The summed E-state index contributed by atoms with van der Waals surface area (Å²) in [5, 5.41) is 5.44. The zero-order chi connectivity index (χ0) is 59.8. The first-order valence-electron chi connectivity index (χ1n) is 31.0. The second-order valence-electron chi connectivity index (χ2n) is 27.2. The number of ether oxygens (including phenoxy) is 4. The summed E-state index contributed by atoms with van der Waals surface area (Å²) in [5.74, 6) is 3.90. The summed E-state index contributed by atoms with van der Waals surface area (Å²) in [6.07, 6.45) is 6.10. The topological polar surface area (TPSA) is 36.9 Å². The van der Waals surface area contributed by atoms with Gasteiger partial charge >= 0.3 is 0 Å². The highest BCUT2D eigenvalue weighted by Gasteiger charge is 2.30. The highest BCUT2D eigenvalue weighted by atomic mass is 31.1. The van der Waals surface area contributed by atoms with Gasteiger partial charge in [0.2, 0.25) is 0 Å². The van der Waals surface area contributed by atoms with Crippen molar-refractivity contribution in [3.05, 3.63) is 237 Å². The molecule has 6 heteroatoms. The van der Waals surface area contributed by atoms with E-state index in [0.717, 1.165) is 48.2 Å². The van der Waals surface area contributed by atoms with Crippen LogP contribution in [0.5, 0.6) is 23.0 Å². The molecule has 0 fully saturated rings. The van der Waals surface area contributed by atoms with Gasteiger partial charge in [0, 0.05) is 38.0 Å². The second-order valence-corrected chi connectivity index (χ2v) is 31.9. The third kappa shape index (κ3) is 15.4. The number of hydrogen-bond donors (Lipinski definition) is 0. The van der Waals surface area contributed by atoms with E-state index < -0.39 is 15.8 Å². The van der Waals surface area contributed by atoms with Gasteiger partial charge in [-0.1, -0.05) is 267 Å². The fourth-order valence-corrected chi connectivity index (χ4v) is 15.8. The van der Waals surface area contributed by atoms with E-state index in [-0.39, 0.29) is 21.7 Å². The molecule has 8 aromatic carbocycles. The van der Waals surface area contributed by atoms with Crippen molar-refractivity contribution in [1.82, 2.24) is 0 Å². The lowest BCUT2D eigenvalue weighted by Gasteiger charge is -2.29. The van der Waals surface area contributed by atoms with Crippen LogP contribution in [-0.2, 0) is 47.3 Å². The van der Waals surface area contributed by atoms with Gasteiger partial charge in [0.15, 0.2) is 0 Å². The Morgan fingerprint density at radius 3 is 0.655 bits per heavy atom. The quantitative estimate of drug-likeness (QED) is 0.0803. The number of benzene rings is 8. The van der Waals surface area contributed by atoms with Gasteiger partial charge in [-0.25, -0.2) is 0 Å². The lowest BCUT2D eigenvalue weighted by molar-refractivity contribution is 0.309. The molecule has 0 unspecified atom stereocenters. The summed E-state index contributed by atoms with van der Waals surface area (Å²) < 4.78 is 29.5.